The van der Waals surface area contributed by atoms with Gasteiger partial charge in [0.1, 0.15) is 5.82 Å². The lowest BCUT2D eigenvalue weighted by Gasteiger charge is -2.24. The highest BCUT2D eigenvalue weighted by molar-refractivity contribution is 5.82. The van der Waals surface area contributed by atoms with Gasteiger partial charge in [-0.25, -0.2) is 4.98 Å². The maximum atomic E-state index is 13.4. The highest BCUT2D eigenvalue weighted by Crippen LogP contribution is 2.52. The third kappa shape index (κ3) is 5.25. The number of aliphatic hydroxyl groups is 1. The van der Waals surface area contributed by atoms with Gasteiger partial charge in [-0.1, -0.05) is 66.2 Å². The SMILES string of the molecule is Cc1cccc(-c2cccc(C3(c4nc5c(c(=O)[nH]4)CN(C(=O)[C@H](O)c4cccc(C(F)(F)F)c4)CCC5)CC3)c2)c1. The first-order valence-corrected chi connectivity index (χ1v) is 14.0. The number of nitrogens with one attached hydrogen (secondary N) is 1. The molecule has 1 aromatic heterocycles. The normalized spacial score (nSPS) is 16.8. The Bertz CT molecular complexity index is 1730. The molecular weight excluding hydrogens is 543 g/mol. The van der Waals surface area contributed by atoms with Crippen LogP contribution >= 0.6 is 0 Å². The van der Waals surface area contributed by atoms with E-state index in [1.165, 1.54) is 16.5 Å². The molecule has 2 N–H and O–H groups in total. The molecule has 1 amide bonds. The van der Waals surface area contributed by atoms with Crippen LogP contribution in [0, 0.1) is 6.92 Å². The Balaban J connectivity index is 1.27. The third-order valence-corrected chi connectivity index (χ3v) is 8.34. The first kappa shape index (κ1) is 27.9. The van der Waals surface area contributed by atoms with Gasteiger partial charge in [-0.05, 0) is 67.0 Å². The lowest BCUT2D eigenvalue weighted by molar-refractivity contribution is -0.142. The van der Waals surface area contributed by atoms with Crippen molar-refractivity contribution in [2.75, 3.05) is 6.54 Å². The lowest BCUT2D eigenvalue weighted by Crippen LogP contribution is -2.36. The predicted octanol–water partition coefficient (Wildman–Crippen LogP) is 5.85. The number of carbonyl (C=O) groups is 1. The zero-order valence-electron chi connectivity index (χ0n) is 23.0. The summed E-state index contributed by atoms with van der Waals surface area (Å²) in [6.45, 7) is 2.22. The molecule has 0 spiro atoms. The van der Waals surface area contributed by atoms with E-state index in [2.05, 4.69) is 48.3 Å². The van der Waals surface area contributed by atoms with Crippen LogP contribution in [0.5, 0.6) is 0 Å². The molecule has 9 heteroatoms. The highest BCUT2D eigenvalue weighted by Gasteiger charge is 2.49. The van der Waals surface area contributed by atoms with E-state index in [1.807, 2.05) is 12.1 Å². The van der Waals surface area contributed by atoms with Crippen LogP contribution in [-0.2, 0) is 29.4 Å². The maximum absolute atomic E-state index is 13.4. The second kappa shape index (κ2) is 10.5. The number of aryl methyl sites for hydroxylation is 2. The third-order valence-electron chi connectivity index (χ3n) is 8.34. The molecule has 1 fully saturated rings. The van der Waals surface area contributed by atoms with Gasteiger partial charge < -0.3 is 15.0 Å². The molecule has 1 aliphatic carbocycles. The molecule has 4 aromatic rings. The molecule has 3 aromatic carbocycles. The summed E-state index contributed by atoms with van der Waals surface area (Å²) in [5.74, 6) is -0.145. The quantitative estimate of drug-likeness (QED) is 0.314. The van der Waals surface area contributed by atoms with Crippen molar-refractivity contribution in [2.24, 2.45) is 0 Å². The number of fused-ring (bicyclic) bond motifs is 1. The fourth-order valence-electron chi connectivity index (χ4n) is 5.85. The molecule has 6 rings (SSSR count). The van der Waals surface area contributed by atoms with Gasteiger partial charge in [-0.15, -0.1) is 0 Å². The fraction of sp³-hybridized carbons (Fsp3) is 0.303. The van der Waals surface area contributed by atoms with Crippen LogP contribution in [0.2, 0.25) is 0 Å². The van der Waals surface area contributed by atoms with Gasteiger partial charge in [0.15, 0.2) is 6.10 Å². The molecule has 42 heavy (non-hydrogen) atoms. The van der Waals surface area contributed by atoms with Gasteiger partial charge in [0, 0.05) is 6.54 Å². The maximum Gasteiger partial charge on any atom is 0.416 e. The van der Waals surface area contributed by atoms with Crippen molar-refractivity contribution in [3.63, 3.8) is 0 Å². The number of rotatable bonds is 5. The van der Waals surface area contributed by atoms with E-state index in [9.17, 15) is 27.9 Å². The molecule has 0 saturated heterocycles. The zero-order valence-corrected chi connectivity index (χ0v) is 23.0. The van der Waals surface area contributed by atoms with E-state index >= 15 is 0 Å². The molecule has 1 aliphatic heterocycles. The van der Waals surface area contributed by atoms with Crippen molar-refractivity contribution in [2.45, 2.75) is 56.8 Å². The number of benzene rings is 3. The van der Waals surface area contributed by atoms with Gasteiger partial charge in [0.05, 0.1) is 28.8 Å². The number of aromatic nitrogens is 2. The second-order valence-electron chi connectivity index (χ2n) is 11.3. The average molecular weight is 574 g/mol. The summed E-state index contributed by atoms with van der Waals surface area (Å²) < 4.78 is 39.5. The summed E-state index contributed by atoms with van der Waals surface area (Å²) in [6.07, 6.45) is -3.72. The number of amides is 1. The molecule has 0 radical (unpaired) electrons. The van der Waals surface area contributed by atoms with Crippen LogP contribution in [0.25, 0.3) is 11.1 Å². The lowest BCUT2D eigenvalue weighted by atomic mass is 9.91. The summed E-state index contributed by atoms with van der Waals surface area (Å²) in [5.41, 5.74) is 3.58. The van der Waals surface area contributed by atoms with Crippen LogP contribution in [0.4, 0.5) is 13.2 Å². The zero-order chi connectivity index (χ0) is 29.6. The van der Waals surface area contributed by atoms with Gasteiger partial charge in [-0.2, -0.15) is 13.2 Å². The highest BCUT2D eigenvalue weighted by atomic mass is 19.4. The van der Waals surface area contributed by atoms with Gasteiger partial charge in [0.2, 0.25) is 0 Å². The second-order valence-corrected chi connectivity index (χ2v) is 11.3. The van der Waals surface area contributed by atoms with Crippen LogP contribution in [0.15, 0.2) is 77.6 Å². The van der Waals surface area contributed by atoms with E-state index < -0.39 is 29.2 Å². The topological polar surface area (TPSA) is 86.3 Å². The Kier molecular flexibility index (Phi) is 7.01. The summed E-state index contributed by atoms with van der Waals surface area (Å²) in [5, 5.41) is 10.7. The Labute approximate surface area is 240 Å². The number of alkyl halides is 3. The van der Waals surface area contributed by atoms with Crippen LogP contribution in [0.3, 0.4) is 0 Å². The van der Waals surface area contributed by atoms with E-state index in [1.54, 1.807) is 0 Å². The predicted molar refractivity (Wildman–Crippen MR) is 152 cm³/mol. The number of carbonyl (C=O) groups excluding carboxylic acids is 1. The molecule has 2 heterocycles. The summed E-state index contributed by atoms with van der Waals surface area (Å²) >= 11 is 0. The Morgan fingerprint density at radius 1 is 1.02 bits per heavy atom. The first-order valence-electron chi connectivity index (χ1n) is 14.0. The summed E-state index contributed by atoms with van der Waals surface area (Å²) in [6, 6.07) is 20.7. The number of aliphatic hydroxyl groups excluding tert-OH is 1. The van der Waals surface area contributed by atoms with Crippen molar-refractivity contribution < 1.29 is 23.1 Å². The van der Waals surface area contributed by atoms with Crippen molar-refractivity contribution in [1.29, 1.82) is 0 Å². The standard InChI is InChI=1S/C33H30F3N3O3/c1-20-6-2-7-21(16-20)22-8-3-10-24(17-22)32(13-14-32)31-37-27-12-5-15-39(19-26(27)29(41)38-31)30(42)28(40)23-9-4-11-25(18-23)33(34,35)36/h2-4,6-11,16-18,28,40H,5,12-15,19H2,1H3,(H,37,38,41)/t28-/m1/s1. The van der Waals surface area contributed by atoms with Gasteiger partial charge in [0.25, 0.3) is 11.5 Å². The minimum Gasteiger partial charge on any atom is -0.378 e. The van der Waals surface area contributed by atoms with Crippen molar-refractivity contribution in [3.8, 4) is 11.1 Å². The molecule has 1 atom stereocenters. The van der Waals surface area contributed by atoms with E-state index in [-0.39, 0.29) is 24.2 Å². The van der Waals surface area contributed by atoms with Crippen molar-refractivity contribution in [1.82, 2.24) is 14.9 Å². The number of H-pyrrole nitrogens is 1. The number of hydrogen-bond acceptors (Lipinski definition) is 4. The van der Waals surface area contributed by atoms with Crippen LogP contribution < -0.4 is 5.56 Å². The van der Waals surface area contributed by atoms with Gasteiger partial charge in [-0.3, -0.25) is 9.59 Å². The largest absolute Gasteiger partial charge is 0.416 e. The van der Waals surface area contributed by atoms with E-state index in [0.717, 1.165) is 47.7 Å². The monoisotopic (exact) mass is 573 g/mol. The number of halogens is 3. The van der Waals surface area contributed by atoms with Crippen LogP contribution in [0.1, 0.15) is 64.7 Å². The number of aromatic amines is 1. The van der Waals surface area contributed by atoms with Crippen LogP contribution in [-0.4, -0.2) is 32.4 Å². The number of hydrogen-bond donors (Lipinski definition) is 2. The fourth-order valence-corrected chi connectivity index (χ4v) is 5.85. The van der Waals surface area contributed by atoms with E-state index in [4.69, 9.17) is 4.98 Å². The molecule has 1 saturated carbocycles. The van der Waals surface area contributed by atoms with Gasteiger partial charge >= 0.3 is 6.18 Å². The first-order chi connectivity index (χ1) is 20.0. The molecule has 6 nitrogen and oxygen atoms in total. The smallest absolute Gasteiger partial charge is 0.378 e. The summed E-state index contributed by atoms with van der Waals surface area (Å²) in [7, 11) is 0. The minimum absolute atomic E-state index is 0.0807. The average Bonchev–Trinajstić information content (AvgIpc) is 3.81. The Morgan fingerprint density at radius 2 is 1.74 bits per heavy atom. The van der Waals surface area contributed by atoms with Crippen molar-refractivity contribution >= 4 is 5.91 Å². The molecule has 2 aliphatic rings. The minimum atomic E-state index is -4.60. The summed E-state index contributed by atoms with van der Waals surface area (Å²) in [4.78, 5) is 35.8. The van der Waals surface area contributed by atoms with E-state index in [0.29, 0.717) is 29.9 Å². The molecule has 0 bridgehead atoms. The Hall–Kier alpha value is -4.24. The molecule has 216 valence electrons. The molecular formula is C33H30F3N3O3. The van der Waals surface area contributed by atoms with Crippen molar-refractivity contribution in [3.05, 3.63) is 122 Å². The number of nitrogens with zero attached hydrogens (tertiary/aromatic N) is 2. The molecule has 0 unspecified atom stereocenters. The Morgan fingerprint density at radius 3 is 2.45 bits per heavy atom.